The zero-order chi connectivity index (χ0) is 18.1. The van der Waals surface area contributed by atoms with Gasteiger partial charge in [-0.25, -0.2) is 0 Å². The van der Waals surface area contributed by atoms with Gasteiger partial charge in [-0.3, -0.25) is 9.89 Å². The Hall–Kier alpha value is -0.850. The predicted octanol–water partition coefficient (Wildman–Crippen LogP) is 1.24. The van der Waals surface area contributed by atoms with E-state index in [1.807, 2.05) is 7.05 Å². The molecule has 0 aromatic heterocycles. The van der Waals surface area contributed by atoms with Crippen LogP contribution < -0.4 is 10.6 Å². The van der Waals surface area contributed by atoms with E-state index in [0.717, 1.165) is 57.8 Å². The Bertz CT molecular complexity index is 401. The maximum absolute atomic E-state index is 5.91. The molecule has 2 aliphatic heterocycles. The number of piperidine rings is 1. The van der Waals surface area contributed by atoms with E-state index in [1.54, 1.807) is 0 Å². The molecule has 0 spiro atoms. The predicted molar refractivity (Wildman–Crippen MR) is 105 cm³/mol. The van der Waals surface area contributed by atoms with Crippen LogP contribution in [-0.2, 0) is 4.74 Å². The van der Waals surface area contributed by atoms with Gasteiger partial charge in [0.05, 0.1) is 12.7 Å². The van der Waals surface area contributed by atoms with Crippen LogP contribution in [0.25, 0.3) is 0 Å². The van der Waals surface area contributed by atoms with Crippen molar-refractivity contribution in [3.05, 3.63) is 0 Å². The Balaban J connectivity index is 1.67. The Morgan fingerprint density at radius 2 is 1.96 bits per heavy atom. The van der Waals surface area contributed by atoms with Crippen molar-refractivity contribution in [3.8, 4) is 0 Å². The van der Waals surface area contributed by atoms with Crippen molar-refractivity contribution in [2.45, 2.75) is 39.7 Å². The molecule has 2 heterocycles. The quantitative estimate of drug-likeness (QED) is 0.533. The SMILES string of the molecule is CCN1CCCC(CNC(=NC)NCC2CN(CC(C)C)CCO2)C1. The smallest absolute Gasteiger partial charge is 0.191 e. The third-order valence-electron chi connectivity index (χ3n) is 5.18. The average Bonchev–Trinajstić information content (AvgIpc) is 2.62. The number of nitrogens with zero attached hydrogens (tertiary/aromatic N) is 3. The second-order valence-electron chi connectivity index (χ2n) is 7.88. The van der Waals surface area contributed by atoms with E-state index in [4.69, 9.17) is 4.74 Å². The van der Waals surface area contributed by atoms with E-state index in [-0.39, 0.29) is 6.10 Å². The largest absolute Gasteiger partial charge is 0.374 e. The summed E-state index contributed by atoms with van der Waals surface area (Å²) in [5.74, 6) is 2.33. The Morgan fingerprint density at radius 3 is 2.68 bits per heavy atom. The molecule has 0 radical (unpaired) electrons. The van der Waals surface area contributed by atoms with Crippen LogP contribution in [0.1, 0.15) is 33.6 Å². The first-order valence-corrected chi connectivity index (χ1v) is 10.1. The van der Waals surface area contributed by atoms with Crippen LogP contribution in [0.5, 0.6) is 0 Å². The monoisotopic (exact) mass is 353 g/mol. The molecule has 0 saturated carbocycles. The summed E-state index contributed by atoms with van der Waals surface area (Å²) >= 11 is 0. The highest BCUT2D eigenvalue weighted by molar-refractivity contribution is 5.79. The normalized spacial score (nSPS) is 26.8. The van der Waals surface area contributed by atoms with Gasteiger partial charge in [-0.2, -0.15) is 0 Å². The van der Waals surface area contributed by atoms with Crippen LogP contribution >= 0.6 is 0 Å². The third-order valence-corrected chi connectivity index (χ3v) is 5.18. The molecule has 6 heteroatoms. The molecule has 2 rings (SSSR count). The molecule has 2 saturated heterocycles. The van der Waals surface area contributed by atoms with Gasteiger partial charge in [-0.05, 0) is 37.8 Å². The van der Waals surface area contributed by atoms with Crippen LogP contribution in [0.4, 0.5) is 0 Å². The Labute approximate surface area is 154 Å². The summed E-state index contributed by atoms with van der Waals surface area (Å²) in [5.41, 5.74) is 0. The molecule has 2 aliphatic rings. The standard InChI is InChI=1S/C19H39N5O/c1-5-23-8-6-7-17(14-23)11-21-19(20-4)22-12-18-15-24(9-10-25-18)13-16(2)3/h16-18H,5-15H2,1-4H3,(H2,20,21,22). The maximum Gasteiger partial charge on any atom is 0.191 e. The van der Waals surface area contributed by atoms with Crippen molar-refractivity contribution >= 4 is 5.96 Å². The van der Waals surface area contributed by atoms with Crippen molar-refractivity contribution in [3.63, 3.8) is 0 Å². The van der Waals surface area contributed by atoms with Gasteiger partial charge in [-0.15, -0.1) is 0 Å². The highest BCUT2D eigenvalue weighted by atomic mass is 16.5. The maximum atomic E-state index is 5.91. The molecule has 2 atom stereocenters. The number of guanidine groups is 1. The Kier molecular flexibility index (Phi) is 8.99. The van der Waals surface area contributed by atoms with Crippen LogP contribution in [0.3, 0.4) is 0 Å². The van der Waals surface area contributed by atoms with Crippen molar-refractivity contribution in [2.75, 3.05) is 66.0 Å². The van der Waals surface area contributed by atoms with Gasteiger partial charge in [0.15, 0.2) is 5.96 Å². The molecule has 0 amide bonds. The number of aliphatic imine (C=N–C) groups is 1. The first-order chi connectivity index (χ1) is 12.1. The topological polar surface area (TPSA) is 52.1 Å². The summed E-state index contributed by atoms with van der Waals surface area (Å²) in [6.45, 7) is 16.3. The van der Waals surface area contributed by atoms with E-state index in [9.17, 15) is 0 Å². The second kappa shape index (κ2) is 11.0. The summed E-state index contributed by atoms with van der Waals surface area (Å²) in [7, 11) is 1.85. The van der Waals surface area contributed by atoms with E-state index in [0.29, 0.717) is 5.92 Å². The van der Waals surface area contributed by atoms with Gasteiger partial charge in [0.25, 0.3) is 0 Å². The molecule has 6 nitrogen and oxygen atoms in total. The highest BCUT2D eigenvalue weighted by Crippen LogP contribution is 2.15. The summed E-state index contributed by atoms with van der Waals surface area (Å²) in [5, 5.41) is 6.96. The number of nitrogens with one attached hydrogen (secondary N) is 2. The number of ether oxygens (including phenoxy) is 1. The lowest BCUT2D eigenvalue weighted by Crippen LogP contribution is -2.51. The first kappa shape index (κ1) is 20.5. The van der Waals surface area contributed by atoms with E-state index >= 15 is 0 Å². The van der Waals surface area contributed by atoms with E-state index in [1.165, 1.54) is 25.9 Å². The molecule has 0 bridgehead atoms. The molecule has 0 aliphatic carbocycles. The van der Waals surface area contributed by atoms with Crippen LogP contribution in [-0.4, -0.2) is 87.9 Å². The zero-order valence-corrected chi connectivity index (χ0v) is 16.8. The fourth-order valence-electron chi connectivity index (χ4n) is 3.86. The van der Waals surface area contributed by atoms with Gasteiger partial charge >= 0.3 is 0 Å². The number of hydrogen-bond donors (Lipinski definition) is 2. The molecular formula is C19H39N5O. The second-order valence-corrected chi connectivity index (χ2v) is 7.88. The van der Waals surface area contributed by atoms with Crippen LogP contribution in [0.15, 0.2) is 4.99 Å². The fourth-order valence-corrected chi connectivity index (χ4v) is 3.86. The number of morpholine rings is 1. The minimum atomic E-state index is 0.247. The van der Waals surface area contributed by atoms with Gasteiger partial charge in [0, 0.05) is 46.3 Å². The average molecular weight is 354 g/mol. The summed E-state index contributed by atoms with van der Waals surface area (Å²) in [6.07, 6.45) is 2.88. The third kappa shape index (κ3) is 7.50. The van der Waals surface area contributed by atoms with Crippen LogP contribution in [0, 0.1) is 11.8 Å². The molecule has 2 N–H and O–H groups in total. The van der Waals surface area contributed by atoms with E-state index in [2.05, 4.69) is 46.2 Å². The number of likely N-dealkylation sites (tertiary alicyclic amines) is 1. The van der Waals surface area contributed by atoms with Gasteiger partial charge in [0.1, 0.15) is 0 Å². The first-order valence-electron chi connectivity index (χ1n) is 10.1. The fraction of sp³-hybridized carbons (Fsp3) is 0.947. The van der Waals surface area contributed by atoms with Crippen molar-refractivity contribution < 1.29 is 4.74 Å². The lowest BCUT2D eigenvalue weighted by Gasteiger charge is -2.34. The van der Waals surface area contributed by atoms with Gasteiger partial charge in [0.2, 0.25) is 0 Å². The van der Waals surface area contributed by atoms with Gasteiger partial charge in [-0.1, -0.05) is 20.8 Å². The summed E-state index contributed by atoms with van der Waals surface area (Å²) < 4.78 is 5.91. The molecule has 25 heavy (non-hydrogen) atoms. The molecule has 2 unspecified atom stereocenters. The minimum Gasteiger partial charge on any atom is -0.374 e. The van der Waals surface area contributed by atoms with Gasteiger partial charge < -0.3 is 20.3 Å². The molecule has 146 valence electrons. The van der Waals surface area contributed by atoms with Crippen LogP contribution in [0.2, 0.25) is 0 Å². The molecule has 0 aromatic carbocycles. The lowest BCUT2D eigenvalue weighted by molar-refractivity contribution is -0.0284. The highest BCUT2D eigenvalue weighted by Gasteiger charge is 2.22. The number of hydrogen-bond acceptors (Lipinski definition) is 4. The van der Waals surface area contributed by atoms with Crippen molar-refractivity contribution in [1.82, 2.24) is 20.4 Å². The minimum absolute atomic E-state index is 0.247. The van der Waals surface area contributed by atoms with Crippen molar-refractivity contribution in [1.29, 1.82) is 0 Å². The van der Waals surface area contributed by atoms with Crippen molar-refractivity contribution in [2.24, 2.45) is 16.8 Å². The summed E-state index contributed by atoms with van der Waals surface area (Å²) in [6, 6.07) is 0. The molecule has 0 aromatic rings. The Morgan fingerprint density at radius 1 is 1.16 bits per heavy atom. The summed E-state index contributed by atoms with van der Waals surface area (Å²) in [4.78, 5) is 9.43. The van der Waals surface area contributed by atoms with E-state index < -0.39 is 0 Å². The zero-order valence-electron chi connectivity index (χ0n) is 16.8. The lowest BCUT2D eigenvalue weighted by atomic mass is 9.98. The number of rotatable bonds is 7. The molecular weight excluding hydrogens is 314 g/mol. The molecule has 2 fully saturated rings.